The number of amides is 2. The van der Waals surface area contributed by atoms with Crippen molar-refractivity contribution in [3.05, 3.63) is 69.3 Å². The van der Waals surface area contributed by atoms with Crippen LogP contribution in [0.3, 0.4) is 0 Å². The van der Waals surface area contributed by atoms with Gasteiger partial charge in [-0.2, -0.15) is 12.7 Å². The number of nitrogens with one attached hydrogen (secondary N) is 2. The lowest BCUT2D eigenvalue weighted by atomic mass is 9.82. The number of carboxylic acids is 1. The maximum Gasteiger partial charge on any atom is 0.335 e. The summed E-state index contributed by atoms with van der Waals surface area (Å²) in [6, 6.07) is 10.9. The maximum atomic E-state index is 13.7. The second-order valence-corrected chi connectivity index (χ2v) is 11.6. The number of aromatic nitrogens is 1. The first-order valence-corrected chi connectivity index (χ1v) is 14.0. The molecule has 0 spiro atoms. The van der Waals surface area contributed by atoms with Gasteiger partial charge in [-0.05, 0) is 48.7 Å². The summed E-state index contributed by atoms with van der Waals surface area (Å²) in [4.78, 5) is 37.0. The van der Waals surface area contributed by atoms with Crippen LogP contribution in [0.5, 0.6) is 0 Å². The van der Waals surface area contributed by atoms with Gasteiger partial charge in [0.05, 0.1) is 21.1 Å². The third kappa shape index (κ3) is 5.24. The van der Waals surface area contributed by atoms with Gasteiger partial charge in [-0.1, -0.05) is 42.3 Å². The Morgan fingerprint density at radius 1 is 1.11 bits per heavy atom. The molecule has 1 unspecified atom stereocenters. The molecule has 202 valence electrons. The molecule has 1 aliphatic rings. The third-order valence-electron chi connectivity index (χ3n) is 6.74. The molecule has 10 nitrogen and oxygen atoms in total. The van der Waals surface area contributed by atoms with E-state index >= 15 is 0 Å². The monoisotopic (exact) mass is 580 g/mol. The van der Waals surface area contributed by atoms with Gasteiger partial charge in [0.2, 0.25) is 5.91 Å². The Morgan fingerprint density at radius 3 is 2.42 bits per heavy atom. The molecule has 0 bridgehead atoms. The summed E-state index contributed by atoms with van der Waals surface area (Å²) in [7, 11) is -2.48. The van der Waals surface area contributed by atoms with Crippen molar-refractivity contribution in [2.45, 2.75) is 31.7 Å². The lowest BCUT2D eigenvalue weighted by Gasteiger charge is -2.43. The summed E-state index contributed by atoms with van der Waals surface area (Å²) in [6.45, 7) is 1.51. The highest BCUT2D eigenvalue weighted by molar-refractivity contribution is 7.87. The van der Waals surface area contributed by atoms with Crippen molar-refractivity contribution in [2.24, 2.45) is 7.05 Å². The summed E-state index contributed by atoms with van der Waals surface area (Å²) in [6.07, 6.45) is 0.730. The van der Waals surface area contributed by atoms with Crippen LogP contribution in [-0.2, 0) is 27.6 Å². The minimum absolute atomic E-state index is 0.0147. The molecule has 2 heterocycles. The molecule has 1 fully saturated rings. The van der Waals surface area contributed by atoms with Crippen LogP contribution in [0, 0.1) is 0 Å². The molecule has 2 amide bonds. The van der Waals surface area contributed by atoms with Crippen LogP contribution in [0.1, 0.15) is 52.6 Å². The van der Waals surface area contributed by atoms with Crippen molar-refractivity contribution in [1.29, 1.82) is 0 Å². The van der Waals surface area contributed by atoms with Crippen LogP contribution in [0.4, 0.5) is 0 Å². The third-order valence-corrected chi connectivity index (χ3v) is 9.04. The molecular weight excluding hydrogens is 555 g/mol. The number of fused-ring (bicyclic) bond motifs is 1. The van der Waals surface area contributed by atoms with Crippen molar-refractivity contribution < 1.29 is 27.9 Å². The average molecular weight is 581 g/mol. The predicted octanol–water partition coefficient (Wildman–Crippen LogP) is 3.68. The van der Waals surface area contributed by atoms with Crippen molar-refractivity contribution in [1.82, 2.24) is 18.9 Å². The van der Waals surface area contributed by atoms with Crippen molar-refractivity contribution in [2.75, 3.05) is 13.1 Å². The van der Waals surface area contributed by atoms with Crippen LogP contribution in [0.2, 0.25) is 10.0 Å². The fourth-order valence-corrected chi connectivity index (χ4v) is 6.39. The minimum Gasteiger partial charge on any atom is -0.478 e. The van der Waals surface area contributed by atoms with E-state index in [0.29, 0.717) is 39.4 Å². The largest absolute Gasteiger partial charge is 0.478 e. The van der Waals surface area contributed by atoms with Gasteiger partial charge in [0.25, 0.3) is 5.91 Å². The summed E-state index contributed by atoms with van der Waals surface area (Å²) in [5, 5.41) is 13.6. The van der Waals surface area contributed by atoms with Gasteiger partial charge in [-0.3, -0.25) is 9.59 Å². The molecule has 3 N–H and O–H groups in total. The average Bonchev–Trinajstić information content (AvgIpc) is 3.23. The summed E-state index contributed by atoms with van der Waals surface area (Å²) >= 11 is 12.5. The maximum absolute atomic E-state index is 13.7. The Balaban J connectivity index is 1.76. The smallest absolute Gasteiger partial charge is 0.335 e. The quantitative estimate of drug-likeness (QED) is 0.389. The predicted molar refractivity (Wildman–Crippen MR) is 144 cm³/mol. The molecule has 13 heteroatoms. The zero-order valence-corrected chi connectivity index (χ0v) is 23.0. The Kier molecular flexibility index (Phi) is 7.76. The lowest BCUT2D eigenvalue weighted by molar-refractivity contribution is -0.119. The Labute approximate surface area is 229 Å². The van der Waals surface area contributed by atoms with Gasteiger partial charge in [-0.25, -0.2) is 9.52 Å². The number of hydrogen-bond acceptors (Lipinski definition) is 5. The van der Waals surface area contributed by atoms with Crippen LogP contribution in [0.15, 0.2) is 42.5 Å². The number of hydrogen-bond donors (Lipinski definition) is 3. The highest BCUT2D eigenvalue weighted by Crippen LogP contribution is 2.35. The molecule has 0 saturated carbocycles. The number of carbonyl (C=O) groups is 3. The van der Waals surface area contributed by atoms with Gasteiger partial charge >= 0.3 is 16.2 Å². The van der Waals surface area contributed by atoms with E-state index in [1.165, 1.54) is 12.1 Å². The van der Waals surface area contributed by atoms with Crippen LogP contribution >= 0.6 is 23.2 Å². The molecule has 4 rings (SSSR count). The zero-order chi connectivity index (χ0) is 27.8. The molecular formula is C25H26Cl2N4O6S. The number of halogens is 2. The van der Waals surface area contributed by atoms with Crippen molar-refractivity contribution in [3.63, 3.8) is 0 Å². The minimum atomic E-state index is -4.18. The van der Waals surface area contributed by atoms with E-state index in [1.54, 1.807) is 48.9 Å². The number of nitrogens with zero attached hydrogens (tertiary/aromatic N) is 2. The fraction of sp³-hybridized carbons (Fsp3) is 0.320. The van der Waals surface area contributed by atoms with E-state index in [1.807, 2.05) is 4.72 Å². The molecule has 1 aromatic heterocycles. The van der Waals surface area contributed by atoms with Crippen LogP contribution in [-0.4, -0.2) is 53.3 Å². The summed E-state index contributed by atoms with van der Waals surface area (Å²) < 4.78 is 30.8. The number of rotatable bonds is 7. The highest BCUT2D eigenvalue weighted by Gasteiger charge is 2.43. The molecule has 0 radical (unpaired) electrons. The first kappa shape index (κ1) is 27.9. The molecule has 1 atom stereocenters. The first-order valence-electron chi connectivity index (χ1n) is 11.8. The first-order chi connectivity index (χ1) is 17.9. The number of carbonyl (C=O) groups excluding carboxylic acids is 2. The highest BCUT2D eigenvalue weighted by atomic mass is 35.5. The van der Waals surface area contributed by atoms with Gasteiger partial charge in [-0.15, -0.1) is 0 Å². The normalized spacial score (nSPS) is 18.3. The standard InChI is InChI=1S/C25H26Cl2N4O6S/c1-3-21(32)29-38(36,37)31-12-4-11-25(14-31,16-7-5-15(6-8-16)24(34)35)28-23(33)20-13-17-19(30(20)2)10-9-18(26)22(17)27/h5-10,13H,3-4,11-12,14H2,1-2H3,(H,28,33)(H,29,32)(H,34,35). The van der Waals surface area contributed by atoms with Gasteiger partial charge in [0.1, 0.15) is 5.69 Å². The van der Waals surface area contributed by atoms with E-state index in [9.17, 15) is 27.9 Å². The van der Waals surface area contributed by atoms with E-state index in [4.69, 9.17) is 23.2 Å². The Bertz CT molecular complexity index is 1540. The Hall–Kier alpha value is -3.12. The fourth-order valence-electron chi connectivity index (χ4n) is 4.69. The molecule has 1 aliphatic heterocycles. The molecule has 0 aliphatic carbocycles. The summed E-state index contributed by atoms with van der Waals surface area (Å²) in [5.41, 5.74) is 0.307. The van der Waals surface area contributed by atoms with E-state index in [-0.39, 0.29) is 30.8 Å². The van der Waals surface area contributed by atoms with E-state index < -0.39 is 33.5 Å². The SMILES string of the molecule is CCC(=O)NS(=O)(=O)N1CCCC(NC(=O)c2cc3c(Cl)c(Cl)ccc3n2C)(c2ccc(C(=O)O)cc2)C1. The van der Waals surface area contributed by atoms with Gasteiger partial charge in [0, 0.05) is 37.5 Å². The number of aromatic carboxylic acids is 1. The number of piperidine rings is 1. The van der Waals surface area contributed by atoms with Crippen molar-refractivity contribution in [3.8, 4) is 0 Å². The van der Waals surface area contributed by atoms with Crippen LogP contribution in [0.25, 0.3) is 10.9 Å². The molecule has 1 saturated heterocycles. The lowest BCUT2D eigenvalue weighted by Crippen LogP contribution is -2.59. The van der Waals surface area contributed by atoms with Gasteiger partial charge < -0.3 is 15.0 Å². The van der Waals surface area contributed by atoms with E-state index in [0.717, 1.165) is 4.31 Å². The molecule has 3 aromatic rings. The van der Waals surface area contributed by atoms with Crippen LogP contribution < -0.4 is 10.0 Å². The number of benzene rings is 2. The number of aryl methyl sites for hydroxylation is 1. The zero-order valence-electron chi connectivity index (χ0n) is 20.6. The van der Waals surface area contributed by atoms with Gasteiger partial charge in [0.15, 0.2) is 0 Å². The Morgan fingerprint density at radius 2 is 1.79 bits per heavy atom. The van der Waals surface area contributed by atoms with Crippen molar-refractivity contribution >= 4 is 62.1 Å². The molecule has 2 aromatic carbocycles. The summed E-state index contributed by atoms with van der Waals surface area (Å²) in [5.74, 6) is -2.26. The number of carboxylic acid groups (broad SMARTS) is 1. The topological polar surface area (TPSA) is 138 Å². The molecule has 38 heavy (non-hydrogen) atoms. The van der Waals surface area contributed by atoms with E-state index in [2.05, 4.69) is 5.32 Å². The second kappa shape index (κ2) is 10.6. The second-order valence-electron chi connectivity index (χ2n) is 9.12.